The molecule has 110 valence electrons. The van der Waals surface area contributed by atoms with Crippen molar-refractivity contribution in [2.24, 2.45) is 0 Å². The smallest absolute Gasteiger partial charge is 0.188 e. The van der Waals surface area contributed by atoms with Gasteiger partial charge in [0.25, 0.3) is 0 Å². The topological polar surface area (TPSA) is 52.6 Å². The van der Waals surface area contributed by atoms with Crippen LogP contribution in [0.1, 0.15) is 6.42 Å². The Morgan fingerprint density at radius 2 is 1.95 bits per heavy atom. The number of anilines is 1. The fraction of sp³-hybridized carbons (Fsp3) is 0.462. The molecule has 0 spiro atoms. The predicted molar refractivity (Wildman–Crippen MR) is 85.2 cm³/mol. The van der Waals surface area contributed by atoms with E-state index in [9.17, 15) is 8.42 Å². The first kappa shape index (κ1) is 15.2. The third-order valence-corrected chi connectivity index (χ3v) is 5.26. The zero-order valence-corrected chi connectivity index (χ0v) is 13.2. The lowest BCUT2D eigenvalue weighted by molar-refractivity contribution is 0.0757. The number of thiocarbonyl (C=S) groups is 1. The minimum atomic E-state index is -2.94. The average molecular weight is 313 g/mol. The molecule has 5 nitrogen and oxygen atoms in total. The lowest BCUT2D eigenvalue weighted by atomic mass is 10.2. The van der Waals surface area contributed by atoms with Crippen LogP contribution >= 0.6 is 12.2 Å². The van der Waals surface area contributed by atoms with Crippen LogP contribution in [0.25, 0.3) is 0 Å². The van der Waals surface area contributed by atoms with Crippen molar-refractivity contribution in [3.8, 4) is 0 Å². The average Bonchev–Trinajstić information content (AvgIpc) is 2.70. The Morgan fingerprint density at radius 3 is 2.45 bits per heavy atom. The van der Waals surface area contributed by atoms with Gasteiger partial charge in [-0.25, -0.2) is 13.4 Å². The van der Waals surface area contributed by atoms with Crippen LogP contribution < -0.4 is 5.32 Å². The van der Waals surface area contributed by atoms with Gasteiger partial charge in [-0.1, -0.05) is 18.2 Å². The first-order valence-electron chi connectivity index (χ1n) is 6.42. The number of benzene rings is 1. The minimum Gasteiger partial charge on any atom is -0.332 e. The summed E-state index contributed by atoms with van der Waals surface area (Å²) in [6, 6.07) is 9.52. The van der Waals surface area contributed by atoms with Crippen molar-refractivity contribution in [2.45, 2.75) is 12.5 Å². The molecular weight excluding hydrogens is 294 g/mol. The summed E-state index contributed by atoms with van der Waals surface area (Å²) in [5, 5.41) is 7.34. The van der Waals surface area contributed by atoms with Gasteiger partial charge in [0, 0.05) is 19.8 Å². The van der Waals surface area contributed by atoms with Gasteiger partial charge in [0.15, 0.2) is 14.9 Å². The molecule has 7 heteroatoms. The summed E-state index contributed by atoms with van der Waals surface area (Å²) in [6.45, 7) is 0. The zero-order chi connectivity index (χ0) is 14.8. The van der Waals surface area contributed by atoms with Crippen LogP contribution in [0, 0.1) is 0 Å². The van der Waals surface area contributed by atoms with Gasteiger partial charge >= 0.3 is 0 Å². The highest BCUT2D eigenvalue weighted by Crippen LogP contribution is 2.20. The highest BCUT2D eigenvalue weighted by atomic mass is 32.2. The van der Waals surface area contributed by atoms with Gasteiger partial charge in [0.1, 0.15) is 0 Å². The molecule has 1 saturated heterocycles. The third kappa shape index (κ3) is 3.68. The maximum atomic E-state index is 11.6. The summed E-state index contributed by atoms with van der Waals surface area (Å²) < 4.78 is 23.3. The van der Waals surface area contributed by atoms with Gasteiger partial charge in [-0.15, -0.1) is 0 Å². The molecular formula is C13H19N3O2S2. The van der Waals surface area contributed by atoms with E-state index < -0.39 is 9.84 Å². The molecule has 0 bridgehead atoms. The van der Waals surface area contributed by atoms with Gasteiger partial charge in [-0.05, 0) is 30.8 Å². The molecule has 1 aromatic carbocycles. The summed E-state index contributed by atoms with van der Waals surface area (Å²) in [4.78, 5) is 0. The Bertz CT molecular complexity index is 573. The van der Waals surface area contributed by atoms with E-state index in [1.54, 1.807) is 0 Å². The van der Waals surface area contributed by atoms with Crippen LogP contribution in [-0.2, 0) is 9.84 Å². The van der Waals surface area contributed by atoms with E-state index in [-0.39, 0.29) is 17.5 Å². The number of rotatable bonds is 3. The molecule has 1 aliphatic rings. The summed E-state index contributed by atoms with van der Waals surface area (Å²) in [5.74, 6) is 0.387. The fourth-order valence-corrected chi connectivity index (χ4v) is 4.47. The quantitative estimate of drug-likeness (QED) is 0.671. The molecule has 1 fully saturated rings. The normalized spacial score (nSPS) is 20.9. The van der Waals surface area contributed by atoms with Gasteiger partial charge in [-0.3, -0.25) is 5.01 Å². The van der Waals surface area contributed by atoms with Gasteiger partial charge in [-0.2, -0.15) is 0 Å². The van der Waals surface area contributed by atoms with Gasteiger partial charge < -0.3 is 5.32 Å². The van der Waals surface area contributed by atoms with Crippen molar-refractivity contribution in [1.29, 1.82) is 0 Å². The summed E-state index contributed by atoms with van der Waals surface area (Å²) in [5.41, 5.74) is 0.894. The molecule has 1 aliphatic heterocycles. The van der Waals surface area contributed by atoms with Crippen molar-refractivity contribution in [3.05, 3.63) is 30.3 Å². The molecule has 0 amide bonds. The standard InChI is InChI=1S/C13H19N3O2S2/c1-15(2)16(12-8-9-20(17,18)10-12)13(19)14-11-6-4-3-5-7-11/h3-7,12H,8-10H2,1-2H3,(H,14,19)/t12-/m1/s1. The Balaban J connectivity index is 2.11. The van der Waals surface area contributed by atoms with Crippen LogP contribution in [-0.4, -0.2) is 55.2 Å². The van der Waals surface area contributed by atoms with Gasteiger partial charge in [0.2, 0.25) is 0 Å². The highest BCUT2D eigenvalue weighted by Gasteiger charge is 2.34. The van der Waals surface area contributed by atoms with Crippen molar-refractivity contribution in [1.82, 2.24) is 10.0 Å². The second kappa shape index (κ2) is 6.07. The summed E-state index contributed by atoms with van der Waals surface area (Å²) in [6.07, 6.45) is 0.608. The van der Waals surface area contributed by atoms with E-state index in [2.05, 4.69) is 5.32 Å². The SMILES string of the molecule is CN(C)N(C(=S)Nc1ccccc1)[C@@H]1CCS(=O)(=O)C1. The van der Waals surface area contributed by atoms with E-state index in [0.29, 0.717) is 11.5 Å². The largest absolute Gasteiger partial charge is 0.332 e. The second-order valence-corrected chi connectivity index (χ2v) is 7.66. The fourth-order valence-electron chi connectivity index (χ4n) is 2.34. The number of para-hydroxylation sites is 1. The highest BCUT2D eigenvalue weighted by molar-refractivity contribution is 7.91. The molecule has 2 rings (SSSR count). The van der Waals surface area contributed by atoms with Crippen LogP contribution in [0.5, 0.6) is 0 Å². The first-order chi connectivity index (χ1) is 9.39. The van der Waals surface area contributed by atoms with E-state index >= 15 is 0 Å². The molecule has 1 aromatic rings. The number of nitrogens with one attached hydrogen (secondary N) is 1. The number of sulfone groups is 1. The molecule has 0 unspecified atom stereocenters. The molecule has 0 aliphatic carbocycles. The van der Waals surface area contributed by atoms with Crippen LogP contribution in [0.4, 0.5) is 5.69 Å². The number of hydrogen-bond acceptors (Lipinski definition) is 4. The number of hydrazine groups is 1. The first-order valence-corrected chi connectivity index (χ1v) is 8.65. The Kier molecular flexibility index (Phi) is 4.62. The lowest BCUT2D eigenvalue weighted by Gasteiger charge is -2.36. The maximum absolute atomic E-state index is 11.6. The maximum Gasteiger partial charge on any atom is 0.188 e. The Labute approximate surface area is 125 Å². The lowest BCUT2D eigenvalue weighted by Crippen LogP contribution is -2.51. The summed E-state index contributed by atoms with van der Waals surface area (Å²) >= 11 is 5.42. The van der Waals surface area contributed by atoms with Crippen molar-refractivity contribution in [2.75, 3.05) is 30.9 Å². The van der Waals surface area contributed by atoms with E-state index in [4.69, 9.17) is 12.2 Å². The number of nitrogens with zero attached hydrogens (tertiary/aromatic N) is 2. The molecule has 1 heterocycles. The molecule has 1 N–H and O–H groups in total. The second-order valence-electron chi connectivity index (χ2n) is 5.04. The van der Waals surface area contributed by atoms with Crippen molar-refractivity contribution in [3.63, 3.8) is 0 Å². The zero-order valence-electron chi connectivity index (χ0n) is 11.6. The molecule has 0 aromatic heterocycles. The van der Waals surface area contributed by atoms with E-state index in [0.717, 1.165) is 5.69 Å². The van der Waals surface area contributed by atoms with Crippen LogP contribution in [0.3, 0.4) is 0 Å². The molecule has 20 heavy (non-hydrogen) atoms. The molecule has 0 radical (unpaired) electrons. The van der Waals surface area contributed by atoms with E-state index in [1.165, 1.54) is 0 Å². The molecule has 0 saturated carbocycles. The van der Waals surface area contributed by atoms with Gasteiger partial charge in [0.05, 0.1) is 17.5 Å². The van der Waals surface area contributed by atoms with Crippen LogP contribution in [0.2, 0.25) is 0 Å². The Hall–Kier alpha value is -1.18. The summed E-state index contributed by atoms with van der Waals surface area (Å²) in [7, 11) is 0.794. The van der Waals surface area contributed by atoms with Crippen LogP contribution in [0.15, 0.2) is 30.3 Å². The predicted octanol–water partition coefficient (Wildman–Crippen LogP) is 1.35. The van der Waals surface area contributed by atoms with Crippen molar-refractivity contribution >= 4 is 32.9 Å². The number of hydrogen-bond donors (Lipinski definition) is 1. The van der Waals surface area contributed by atoms with Crippen molar-refractivity contribution < 1.29 is 8.42 Å². The third-order valence-electron chi connectivity index (χ3n) is 3.22. The Morgan fingerprint density at radius 1 is 1.30 bits per heavy atom. The minimum absolute atomic E-state index is 0.0984. The molecule has 1 atom stereocenters. The van der Waals surface area contributed by atoms with E-state index in [1.807, 2.05) is 54.4 Å². The monoisotopic (exact) mass is 313 g/mol.